The molecule has 0 aromatic heterocycles. The van der Waals surface area contributed by atoms with E-state index in [1.165, 1.54) is 36.5 Å². The number of carboxylic acid groups (broad SMARTS) is 1. The molecule has 0 unspecified atom stereocenters. The van der Waals surface area contributed by atoms with Gasteiger partial charge in [-0.05, 0) is 29.8 Å². The zero-order valence-electron chi connectivity index (χ0n) is 16.8. The van der Waals surface area contributed by atoms with Crippen LogP contribution in [-0.4, -0.2) is 28.1 Å². The molecule has 9 heteroatoms. The van der Waals surface area contributed by atoms with Gasteiger partial charge in [-0.15, -0.1) is 0 Å². The van der Waals surface area contributed by atoms with Gasteiger partial charge in [0.25, 0.3) is 5.69 Å². The van der Waals surface area contributed by atoms with Gasteiger partial charge in [0.1, 0.15) is 12.4 Å². The van der Waals surface area contributed by atoms with E-state index >= 15 is 0 Å². The standard InChI is InChI=1S/C23H19N3O6/c27-22(13-18-5-1-3-7-20(18)26(30)31)25-24-14-19-6-2-4-8-21(19)32-15-16-9-11-17(12-10-16)23(28)29/h1-12,14H,13,15H2,(H,25,27)(H,28,29)/b24-14+. The number of carbonyl (C=O) groups is 2. The largest absolute Gasteiger partial charge is 0.488 e. The third-order valence-electron chi connectivity index (χ3n) is 4.45. The topological polar surface area (TPSA) is 131 Å². The molecule has 32 heavy (non-hydrogen) atoms. The number of nitrogens with one attached hydrogen (secondary N) is 1. The van der Waals surface area contributed by atoms with Gasteiger partial charge in [-0.3, -0.25) is 14.9 Å². The van der Waals surface area contributed by atoms with Crippen molar-refractivity contribution >= 4 is 23.8 Å². The first-order valence-corrected chi connectivity index (χ1v) is 9.52. The van der Waals surface area contributed by atoms with E-state index in [1.807, 2.05) is 0 Å². The Bertz CT molecular complexity index is 1160. The first kappa shape index (κ1) is 22.2. The van der Waals surface area contributed by atoms with Gasteiger partial charge in [0.15, 0.2) is 0 Å². The van der Waals surface area contributed by atoms with Crippen molar-refractivity contribution in [3.05, 3.63) is 105 Å². The van der Waals surface area contributed by atoms with E-state index in [4.69, 9.17) is 9.84 Å². The normalized spacial score (nSPS) is 10.6. The first-order chi connectivity index (χ1) is 15.4. The van der Waals surface area contributed by atoms with Crippen molar-refractivity contribution in [3.63, 3.8) is 0 Å². The highest BCUT2D eigenvalue weighted by Gasteiger charge is 2.15. The minimum absolute atomic E-state index is 0.123. The van der Waals surface area contributed by atoms with E-state index in [2.05, 4.69) is 10.5 Å². The predicted molar refractivity (Wildman–Crippen MR) is 117 cm³/mol. The van der Waals surface area contributed by atoms with Crippen LogP contribution >= 0.6 is 0 Å². The number of hydrazone groups is 1. The number of carboxylic acids is 1. The number of ether oxygens (including phenoxy) is 1. The van der Waals surface area contributed by atoms with Crippen LogP contribution in [0.2, 0.25) is 0 Å². The lowest BCUT2D eigenvalue weighted by Crippen LogP contribution is -2.20. The monoisotopic (exact) mass is 433 g/mol. The molecule has 162 valence electrons. The summed E-state index contributed by atoms with van der Waals surface area (Å²) in [5.74, 6) is -0.970. The molecule has 0 aliphatic carbocycles. The molecule has 0 saturated carbocycles. The third-order valence-corrected chi connectivity index (χ3v) is 4.45. The van der Waals surface area contributed by atoms with Gasteiger partial charge in [-0.1, -0.05) is 42.5 Å². The number of hydrogen-bond donors (Lipinski definition) is 2. The summed E-state index contributed by atoms with van der Waals surface area (Å²) >= 11 is 0. The maximum Gasteiger partial charge on any atom is 0.335 e. The molecule has 0 atom stereocenters. The fraction of sp³-hybridized carbons (Fsp3) is 0.0870. The van der Waals surface area contributed by atoms with Crippen molar-refractivity contribution in [2.75, 3.05) is 0 Å². The Hall–Kier alpha value is -4.53. The second-order valence-corrected chi connectivity index (χ2v) is 6.68. The van der Waals surface area contributed by atoms with Crippen LogP contribution < -0.4 is 10.2 Å². The molecule has 0 aliphatic heterocycles. The molecule has 2 N–H and O–H groups in total. The van der Waals surface area contributed by atoms with Crippen molar-refractivity contribution in [1.82, 2.24) is 5.43 Å². The number of nitro groups is 1. The number of nitro benzene ring substituents is 1. The third kappa shape index (κ3) is 5.99. The highest BCUT2D eigenvalue weighted by atomic mass is 16.6. The molecule has 3 aromatic carbocycles. The average molecular weight is 433 g/mol. The van der Waals surface area contributed by atoms with Gasteiger partial charge in [0.2, 0.25) is 5.91 Å². The number of carbonyl (C=O) groups excluding carboxylic acids is 1. The number of rotatable bonds is 9. The summed E-state index contributed by atoms with van der Waals surface area (Å²) in [6.45, 7) is 0.217. The molecule has 3 rings (SSSR count). The van der Waals surface area contributed by atoms with Crippen LogP contribution in [0.25, 0.3) is 0 Å². The molecule has 0 bridgehead atoms. The number of nitrogens with zero attached hydrogens (tertiary/aromatic N) is 2. The number of para-hydroxylation sites is 2. The Balaban J connectivity index is 1.60. The summed E-state index contributed by atoms with van der Waals surface area (Å²) in [5, 5.41) is 23.9. The lowest BCUT2D eigenvalue weighted by molar-refractivity contribution is -0.385. The van der Waals surface area contributed by atoms with Gasteiger partial charge >= 0.3 is 5.97 Å². The average Bonchev–Trinajstić information content (AvgIpc) is 2.79. The lowest BCUT2D eigenvalue weighted by atomic mass is 10.1. The van der Waals surface area contributed by atoms with Crippen LogP contribution in [0.4, 0.5) is 5.69 Å². The quantitative estimate of drug-likeness (QED) is 0.301. The second-order valence-electron chi connectivity index (χ2n) is 6.68. The Morgan fingerprint density at radius 1 is 1.03 bits per heavy atom. The zero-order valence-corrected chi connectivity index (χ0v) is 16.8. The van der Waals surface area contributed by atoms with Gasteiger partial charge < -0.3 is 9.84 Å². The predicted octanol–water partition coefficient (Wildman–Crippen LogP) is 3.56. The number of hydrogen-bond acceptors (Lipinski definition) is 6. The fourth-order valence-electron chi connectivity index (χ4n) is 2.85. The minimum atomic E-state index is -0.997. The van der Waals surface area contributed by atoms with Crippen molar-refractivity contribution in [1.29, 1.82) is 0 Å². The van der Waals surface area contributed by atoms with Crippen LogP contribution in [-0.2, 0) is 17.8 Å². The molecular formula is C23H19N3O6. The van der Waals surface area contributed by atoms with Crippen molar-refractivity contribution < 1.29 is 24.4 Å². The molecule has 1 amide bonds. The molecule has 9 nitrogen and oxygen atoms in total. The van der Waals surface area contributed by atoms with E-state index in [-0.39, 0.29) is 24.3 Å². The Morgan fingerprint density at radius 3 is 2.44 bits per heavy atom. The summed E-state index contributed by atoms with van der Waals surface area (Å²) in [5.41, 5.74) is 4.13. The minimum Gasteiger partial charge on any atom is -0.488 e. The van der Waals surface area contributed by atoms with Crippen LogP contribution in [0.15, 0.2) is 77.9 Å². The molecule has 0 aliphatic rings. The summed E-state index contributed by atoms with van der Waals surface area (Å²) < 4.78 is 5.79. The van der Waals surface area contributed by atoms with E-state index in [0.29, 0.717) is 16.9 Å². The first-order valence-electron chi connectivity index (χ1n) is 9.52. The van der Waals surface area contributed by atoms with Gasteiger partial charge in [0.05, 0.1) is 23.1 Å². The maximum absolute atomic E-state index is 12.1. The summed E-state index contributed by atoms with van der Waals surface area (Å²) in [6, 6.07) is 19.4. The summed E-state index contributed by atoms with van der Waals surface area (Å²) in [6.07, 6.45) is 1.24. The number of benzene rings is 3. The van der Waals surface area contributed by atoms with Gasteiger partial charge in [-0.2, -0.15) is 5.10 Å². The van der Waals surface area contributed by atoms with Crippen LogP contribution in [0.1, 0.15) is 27.0 Å². The molecule has 0 fully saturated rings. The summed E-state index contributed by atoms with van der Waals surface area (Å²) in [7, 11) is 0. The Morgan fingerprint density at radius 2 is 1.72 bits per heavy atom. The molecular weight excluding hydrogens is 414 g/mol. The van der Waals surface area contributed by atoms with Crippen molar-refractivity contribution in [2.45, 2.75) is 13.0 Å². The Kier molecular flexibility index (Phi) is 7.26. The molecule has 3 aromatic rings. The van der Waals surface area contributed by atoms with E-state index in [1.54, 1.807) is 42.5 Å². The smallest absolute Gasteiger partial charge is 0.335 e. The van der Waals surface area contributed by atoms with E-state index in [9.17, 15) is 19.7 Å². The fourth-order valence-corrected chi connectivity index (χ4v) is 2.85. The highest BCUT2D eigenvalue weighted by Crippen LogP contribution is 2.19. The van der Waals surface area contributed by atoms with E-state index < -0.39 is 16.8 Å². The second kappa shape index (κ2) is 10.5. The Labute approximate surface area is 183 Å². The SMILES string of the molecule is O=C(Cc1ccccc1[N+](=O)[O-])N/N=C/c1ccccc1OCc1ccc(C(=O)O)cc1. The number of amides is 1. The van der Waals surface area contributed by atoms with Crippen molar-refractivity contribution in [2.24, 2.45) is 5.10 Å². The maximum atomic E-state index is 12.1. The molecule has 0 heterocycles. The lowest BCUT2D eigenvalue weighted by Gasteiger charge is -2.09. The number of aromatic carboxylic acids is 1. The van der Waals surface area contributed by atoms with E-state index in [0.717, 1.165) is 5.56 Å². The molecule has 0 radical (unpaired) electrons. The van der Waals surface area contributed by atoms with Crippen LogP contribution in [0.5, 0.6) is 5.75 Å². The summed E-state index contributed by atoms with van der Waals surface area (Å²) in [4.78, 5) is 33.6. The van der Waals surface area contributed by atoms with Crippen LogP contribution in [0, 0.1) is 10.1 Å². The van der Waals surface area contributed by atoms with Crippen LogP contribution in [0.3, 0.4) is 0 Å². The molecule has 0 saturated heterocycles. The highest BCUT2D eigenvalue weighted by molar-refractivity contribution is 5.87. The zero-order chi connectivity index (χ0) is 22.9. The molecule has 0 spiro atoms. The van der Waals surface area contributed by atoms with Gasteiger partial charge in [0, 0.05) is 17.2 Å². The van der Waals surface area contributed by atoms with Crippen molar-refractivity contribution in [3.8, 4) is 5.75 Å². The van der Waals surface area contributed by atoms with Gasteiger partial charge in [-0.25, -0.2) is 10.2 Å².